The number of hydrogen-bond donors (Lipinski definition) is 3. The van der Waals surface area contributed by atoms with Crippen LogP contribution in [-0.4, -0.2) is 67.9 Å². The van der Waals surface area contributed by atoms with Crippen LogP contribution in [0.1, 0.15) is 58.4 Å². The summed E-state index contributed by atoms with van der Waals surface area (Å²) in [6.45, 7) is 8.83. The molecule has 1 amide bonds. The molecule has 4 aromatic rings. The maximum Gasteiger partial charge on any atom is 0.410 e. The third-order valence-electron chi connectivity index (χ3n) is 8.34. The average Bonchev–Trinajstić information content (AvgIpc) is 3.42. The first-order chi connectivity index (χ1) is 21.6. The van der Waals surface area contributed by atoms with Crippen molar-refractivity contribution in [2.24, 2.45) is 0 Å². The van der Waals surface area contributed by atoms with E-state index in [9.17, 15) is 9.90 Å². The van der Waals surface area contributed by atoms with Gasteiger partial charge < -0.3 is 30.1 Å². The Morgan fingerprint density at radius 2 is 1.82 bits per heavy atom. The number of anilines is 2. The first kappa shape index (κ1) is 30.6. The van der Waals surface area contributed by atoms with E-state index in [1.165, 1.54) is 0 Å². The van der Waals surface area contributed by atoms with E-state index in [4.69, 9.17) is 14.5 Å². The number of benzene rings is 2. The van der Waals surface area contributed by atoms with Crippen LogP contribution in [0.4, 0.5) is 16.4 Å². The molecule has 1 saturated heterocycles. The number of nitrogens with zero attached hydrogens (tertiary/aromatic N) is 4. The van der Waals surface area contributed by atoms with Gasteiger partial charge in [0.2, 0.25) is 11.8 Å². The standard InChI is InChI=1S/C35H42N6O4/c1-22-15-16-24-25(10-5-12-27(24)39-29-13-6-14-30(29)42)31(22)44-32-26(11-7-18-36-32)28-17-19-37-33(40-28)38-23-9-8-20-41(21-23)34(43)45-35(2,3)4/h5,7,10-12,15-19,23,29-30,39,42H,6,8-9,13-14,20-21H2,1-4H3,(H,37,38,40)/t23-,29-,30-/m0/s1. The van der Waals surface area contributed by atoms with Crippen LogP contribution in [-0.2, 0) is 4.74 Å². The minimum absolute atomic E-state index is 0.00220. The second kappa shape index (κ2) is 12.9. The third-order valence-corrected chi connectivity index (χ3v) is 8.34. The van der Waals surface area contributed by atoms with E-state index in [-0.39, 0.29) is 24.3 Å². The number of carbonyl (C=O) groups excluding carboxylic acids is 1. The van der Waals surface area contributed by atoms with Crippen LogP contribution in [0.3, 0.4) is 0 Å². The smallest absolute Gasteiger partial charge is 0.410 e. The summed E-state index contributed by atoms with van der Waals surface area (Å²) >= 11 is 0. The highest BCUT2D eigenvalue weighted by Gasteiger charge is 2.28. The normalized spacial score (nSPS) is 20.2. The minimum atomic E-state index is -0.541. The van der Waals surface area contributed by atoms with Gasteiger partial charge in [0.15, 0.2) is 0 Å². The fourth-order valence-corrected chi connectivity index (χ4v) is 6.12. The topological polar surface area (TPSA) is 122 Å². The summed E-state index contributed by atoms with van der Waals surface area (Å²) in [5.41, 5.74) is 2.83. The Balaban J connectivity index is 1.23. The predicted molar refractivity (Wildman–Crippen MR) is 176 cm³/mol. The van der Waals surface area contributed by atoms with E-state index < -0.39 is 5.60 Å². The number of ether oxygens (including phenoxy) is 2. The molecule has 1 aliphatic carbocycles. The van der Waals surface area contributed by atoms with E-state index in [1.54, 1.807) is 17.3 Å². The van der Waals surface area contributed by atoms with Crippen molar-refractivity contribution in [1.82, 2.24) is 19.9 Å². The van der Waals surface area contributed by atoms with Crippen molar-refractivity contribution in [2.75, 3.05) is 23.7 Å². The van der Waals surface area contributed by atoms with E-state index in [0.717, 1.165) is 65.4 Å². The number of amides is 1. The number of aliphatic hydroxyl groups excluding tert-OH is 1. The number of hydrogen-bond acceptors (Lipinski definition) is 9. The lowest BCUT2D eigenvalue weighted by atomic mass is 10.0. The Kier molecular flexibility index (Phi) is 8.76. The lowest BCUT2D eigenvalue weighted by Gasteiger charge is -2.34. The molecule has 1 saturated carbocycles. The van der Waals surface area contributed by atoms with Gasteiger partial charge in [-0.15, -0.1) is 0 Å². The van der Waals surface area contributed by atoms with Gasteiger partial charge in [-0.2, -0.15) is 0 Å². The molecular formula is C35H42N6O4. The van der Waals surface area contributed by atoms with Crippen LogP contribution in [0.2, 0.25) is 0 Å². The number of fused-ring (bicyclic) bond motifs is 1. The first-order valence-corrected chi connectivity index (χ1v) is 15.8. The summed E-state index contributed by atoms with van der Waals surface area (Å²) in [7, 11) is 0. The molecule has 0 radical (unpaired) electrons. The highest BCUT2D eigenvalue weighted by atomic mass is 16.6. The monoisotopic (exact) mass is 610 g/mol. The molecule has 3 atom stereocenters. The van der Waals surface area contributed by atoms with Gasteiger partial charge in [-0.25, -0.2) is 19.7 Å². The molecule has 2 fully saturated rings. The maximum atomic E-state index is 12.7. The molecule has 236 valence electrons. The Hall–Kier alpha value is -4.44. The van der Waals surface area contributed by atoms with Crippen molar-refractivity contribution < 1.29 is 19.4 Å². The predicted octanol–water partition coefficient (Wildman–Crippen LogP) is 6.93. The van der Waals surface area contributed by atoms with Crippen LogP contribution in [0, 0.1) is 6.92 Å². The van der Waals surface area contributed by atoms with Gasteiger partial charge in [0, 0.05) is 48.0 Å². The fraction of sp³-hybridized carbons (Fsp3) is 0.429. The zero-order valence-electron chi connectivity index (χ0n) is 26.4. The van der Waals surface area contributed by atoms with Crippen molar-refractivity contribution in [1.29, 1.82) is 0 Å². The molecule has 3 heterocycles. The summed E-state index contributed by atoms with van der Waals surface area (Å²) in [4.78, 5) is 28.3. The van der Waals surface area contributed by atoms with E-state index in [1.807, 2.05) is 70.2 Å². The van der Waals surface area contributed by atoms with Crippen LogP contribution in [0.25, 0.3) is 22.0 Å². The molecule has 10 nitrogen and oxygen atoms in total. The molecule has 2 aromatic carbocycles. The number of pyridine rings is 1. The Morgan fingerprint density at radius 1 is 0.956 bits per heavy atom. The summed E-state index contributed by atoms with van der Waals surface area (Å²) in [5.74, 6) is 1.64. The van der Waals surface area contributed by atoms with Crippen molar-refractivity contribution in [2.45, 2.75) is 83.6 Å². The number of aromatic nitrogens is 3. The summed E-state index contributed by atoms with van der Waals surface area (Å²) in [6, 6.07) is 15.9. The quantitative estimate of drug-likeness (QED) is 0.204. The SMILES string of the molecule is Cc1ccc2c(N[C@H]3CCC[C@@H]3O)cccc2c1Oc1ncccc1-c1ccnc(N[C@H]2CCCN(C(=O)OC(C)(C)C)C2)n1. The second-order valence-corrected chi connectivity index (χ2v) is 13.0. The number of aryl methyl sites for hydroxylation is 1. The summed E-state index contributed by atoms with van der Waals surface area (Å²) < 4.78 is 12.2. The number of rotatable bonds is 7. The van der Waals surface area contributed by atoms with Crippen LogP contribution < -0.4 is 15.4 Å². The van der Waals surface area contributed by atoms with Gasteiger partial charge in [0.1, 0.15) is 11.4 Å². The maximum absolute atomic E-state index is 12.7. The number of nitrogens with one attached hydrogen (secondary N) is 2. The first-order valence-electron chi connectivity index (χ1n) is 15.8. The molecule has 1 aliphatic heterocycles. The largest absolute Gasteiger partial charge is 0.444 e. The van der Waals surface area contributed by atoms with Crippen molar-refractivity contribution in [3.8, 4) is 22.9 Å². The van der Waals surface area contributed by atoms with E-state index in [0.29, 0.717) is 30.6 Å². The van der Waals surface area contributed by atoms with Gasteiger partial charge in [-0.3, -0.25) is 0 Å². The molecule has 10 heteroatoms. The lowest BCUT2D eigenvalue weighted by Crippen LogP contribution is -2.47. The van der Waals surface area contributed by atoms with Gasteiger partial charge in [0.25, 0.3) is 0 Å². The number of aliphatic hydroxyl groups is 1. The summed E-state index contributed by atoms with van der Waals surface area (Å²) in [6.07, 6.45) is 7.33. The van der Waals surface area contributed by atoms with E-state index in [2.05, 4.69) is 26.7 Å². The van der Waals surface area contributed by atoms with Crippen molar-refractivity contribution in [3.05, 3.63) is 66.5 Å². The molecule has 0 spiro atoms. The Morgan fingerprint density at radius 3 is 2.62 bits per heavy atom. The van der Waals surface area contributed by atoms with Gasteiger partial charge in [-0.05, 0) is 89.6 Å². The van der Waals surface area contributed by atoms with Crippen molar-refractivity contribution in [3.63, 3.8) is 0 Å². The zero-order valence-corrected chi connectivity index (χ0v) is 26.4. The molecule has 45 heavy (non-hydrogen) atoms. The molecule has 3 N–H and O–H groups in total. The van der Waals surface area contributed by atoms with Crippen LogP contribution >= 0.6 is 0 Å². The summed E-state index contributed by atoms with van der Waals surface area (Å²) in [5, 5.41) is 19.4. The highest BCUT2D eigenvalue weighted by molar-refractivity contribution is 5.98. The molecule has 0 bridgehead atoms. The van der Waals surface area contributed by atoms with Gasteiger partial charge in [0.05, 0.1) is 23.4 Å². The third kappa shape index (κ3) is 7.12. The van der Waals surface area contributed by atoms with Gasteiger partial charge in [-0.1, -0.05) is 24.3 Å². The Labute approximate surface area is 264 Å². The number of likely N-dealkylation sites (tertiary alicyclic amines) is 1. The molecule has 0 unspecified atom stereocenters. The number of carbonyl (C=O) groups is 1. The minimum Gasteiger partial charge on any atom is -0.444 e. The molecule has 2 aliphatic rings. The Bertz CT molecular complexity index is 1670. The van der Waals surface area contributed by atoms with Gasteiger partial charge >= 0.3 is 6.09 Å². The lowest BCUT2D eigenvalue weighted by molar-refractivity contribution is 0.0206. The second-order valence-electron chi connectivity index (χ2n) is 13.0. The average molecular weight is 611 g/mol. The molecule has 2 aromatic heterocycles. The highest BCUT2D eigenvalue weighted by Crippen LogP contribution is 2.39. The fourth-order valence-electron chi connectivity index (χ4n) is 6.12. The zero-order chi connectivity index (χ0) is 31.6. The van der Waals surface area contributed by atoms with Crippen molar-refractivity contribution >= 4 is 28.5 Å². The van der Waals surface area contributed by atoms with Crippen LogP contribution in [0.15, 0.2) is 60.9 Å². The van der Waals surface area contributed by atoms with Crippen LogP contribution in [0.5, 0.6) is 11.6 Å². The molecular weight excluding hydrogens is 568 g/mol. The number of piperidine rings is 1. The molecule has 6 rings (SSSR count). The van der Waals surface area contributed by atoms with E-state index >= 15 is 0 Å².